The number of aromatic nitrogens is 3. The molecule has 0 bridgehead atoms. The van der Waals surface area contributed by atoms with Gasteiger partial charge in [0.2, 0.25) is 0 Å². The smallest absolute Gasteiger partial charge is 0.159 e. The highest BCUT2D eigenvalue weighted by Gasteiger charge is 2.17. The Morgan fingerprint density at radius 2 is 1.90 bits per heavy atom. The van der Waals surface area contributed by atoms with Crippen LogP contribution in [0.5, 0.6) is 0 Å². The van der Waals surface area contributed by atoms with Crippen molar-refractivity contribution in [2.45, 2.75) is 31.7 Å². The van der Waals surface area contributed by atoms with Gasteiger partial charge in [-0.25, -0.2) is 15.0 Å². The van der Waals surface area contributed by atoms with Gasteiger partial charge in [-0.3, -0.25) is 0 Å². The fourth-order valence-corrected chi connectivity index (χ4v) is 2.65. The first-order valence-electron chi connectivity index (χ1n) is 6.98. The van der Waals surface area contributed by atoms with E-state index in [1.54, 1.807) is 12.3 Å². The maximum Gasteiger partial charge on any atom is 0.159 e. The molecule has 7 heteroatoms. The van der Waals surface area contributed by atoms with Gasteiger partial charge < -0.3 is 16.4 Å². The third-order valence-corrected chi connectivity index (χ3v) is 3.89. The number of nitrogens with one attached hydrogen (secondary N) is 2. The monoisotopic (exact) mass is 304 g/mol. The van der Waals surface area contributed by atoms with Crippen LogP contribution in [-0.4, -0.2) is 21.0 Å². The molecule has 2 aromatic heterocycles. The molecular formula is C14H17ClN6. The molecule has 0 radical (unpaired) electrons. The van der Waals surface area contributed by atoms with Crippen LogP contribution in [0.25, 0.3) is 0 Å². The summed E-state index contributed by atoms with van der Waals surface area (Å²) in [4.78, 5) is 12.4. The standard InChI is InChI=1S/C14H17ClN6/c15-12-10(6-3-7-17-12)21-14-11(16)13(18-8-19-14)20-9-4-1-2-5-9/h3,6-9H,1-2,4-5,16H2,(H2,18,19,20,21). The lowest BCUT2D eigenvalue weighted by molar-refractivity contribution is 0.750. The minimum Gasteiger partial charge on any atom is -0.393 e. The minimum absolute atomic E-state index is 0.376. The fraction of sp³-hybridized carbons (Fsp3) is 0.357. The van der Waals surface area contributed by atoms with Crippen molar-refractivity contribution in [3.05, 3.63) is 29.8 Å². The molecule has 0 amide bonds. The molecule has 0 atom stereocenters. The summed E-state index contributed by atoms with van der Waals surface area (Å²) in [6.45, 7) is 0. The fourth-order valence-electron chi connectivity index (χ4n) is 2.48. The number of anilines is 4. The molecule has 0 spiro atoms. The second-order valence-electron chi connectivity index (χ2n) is 5.08. The lowest BCUT2D eigenvalue weighted by Crippen LogP contribution is -2.17. The molecule has 2 heterocycles. The van der Waals surface area contributed by atoms with Gasteiger partial charge in [0.1, 0.15) is 12.0 Å². The molecule has 2 aromatic rings. The van der Waals surface area contributed by atoms with Crippen molar-refractivity contribution in [1.29, 1.82) is 0 Å². The topological polar surface area (TPSA) is 88.8 Å². The average Bonchev–Trinajstić information content (AvgIpc) is 2.98. The van der Waals surface area contributed by atoms with E-state index in [0.29, 0.717) is 34.2 Å². The van der Waals surface area contributed by atoms with Crippen LogP contribution < -0.4 is 16.4 Å². The van der Waals surface area contributed by atoms with E-state index in [4.69, 9.17) is 17.3 Å². The summed E-state index contributed by atoms with van der Waals surface area (Å²) in [7, 11) is 0. The predicted molar refractivity (Wildman–Crippen MR) is 84.9 cm³/mol. The molecule has 110 valence electrons. The van der Waals surface area contributed by atoms with Gasteiger partial charge in [-0.2, -0.15) is 0 Å². The summed E-state index contributed by atoms with van der Waals surface area (Å²) in [6, 6.07) is 4.06. The van der Waals surface area contributed by atoms with Gasteiger partial charge in [0.15, 0.2) is 16.8 Å². The normalized spacial score (nSPS) is 15.1. The van der Waals surface area contributed by atoms with Gasteiger partial charge in [0, 0.05) is 12.2 Å². The van der Waals surface area contributed by atoms with Crippen molar-refractivity contribution in [1.82, 2.24) is 15.0 Å². The van der Waals surface area contributed by atoms with E-state index in [0.717, 1.165) is 12.8 Å². The molecular weight excluding hydrogens is 288 g/mol. The molecule has 0 saturated heterocycles. The molecule has 0 aromatic carbocycles. The summed E-state index contributed by atoms with van der Waals surface area (Å²) < 4.78 is 0. The maximum atomic E-state index is 6.15. The zero-order valence-corrected chi connectivity index (χ0v) is 12.3. The van der Waals surface area contributed by atoms with Gasteiger partial charge in [-0.05, 0) is 25.0 Å². The van der Waals surface area contributed by atoms with Crippen LogP contribution in [0.2, 0.25) is 5.15 Å². The first-order valence-corrected chi connectivity index (χ1v) is 7.36. The van der Waals surface area contributed by atoms with Crippen molar-refractivity contribution in [3.8, 4) is 0 Å². The minimum atomic E-state index is 0.376. The van der Waals surface area contributed by atoms with Crippen LogP contribution in [0.1, 0.15) is 25.7 Å². The molecule has 1 aliphatic rings. The van der Waals surface area contributed by atoms with Gasteiger partial charge >= 0.3 is 0 Å². The molecule has 0 unspecified atom stereocenters. The van der Waals surface area contributed by atoms with E-state index in [1.165, 1.54) is 19.2 Å². The zero-order chi connectivity index (χ0) is 14.7. The third kappa shape index (κ3) is 3.16. The van der Waals surface area contributed by atoms with Crippen LogP contribution in [0.4, 0.5) is 23.0 Å². The summed E-state index contributed by atoms with van der Waals surface area (Å²) in [5, 5.41) is 6.86. The number of pyridine rings is 1. The van der Waals surface area contributed by atoms with E-state index < -0.39 is 0 Å². The molecule has 21 heavy (non-hydrogen) atoms. The largest absolute Gasteiger partial charge is 0.393 e. The number of rotatable bonds is 4. The molecule has 3 rings (SSSR count). The van der Waals surface area contributed by atoms with Crippen molar-refractivity contribution in [2.75, 3.05) is 16.4 Å². The highest BCUT2D eigenvalue weighted by atomic mass is 35.5. The van der Waals surface area contributed by atoms with Crippen LogP contribution in [0, 0.1) is 0 Å². The van der Waals surface area contributed by atoms with E-state index in [-0.39, 0.29) is 0 Å². The summed E-state index contributed by atoms with van der Waals surface area (Å²) >= 11 is 6.03. The molecule has 1 aliphatic carbocycles. The Bertz CT molecular complexity index is 627. The highest BCUT2D eigenvalue weighted by molar-refractivity contribution is 6.32. The van der Waals surface area contributed by atoms with Gasteiger partial charge in [-0.1, -0.05) is 24.4 Å². The van der Waals surface area contributed by atoms with Crippen LogP contribution in [0.15, 0.2) is 24.7 Å². The SMILES string of the molecule is Nc1c(Nc2cccnc2Cl)ncnc1NC1CCCC1. The number of hydrogen-bond acceptors (Lipinski definition) is 6. The number of nitrogens with zero attached hydrogens (tertiary/aromatic N) is 3. The van der Waals surface area contributed by atoms with Gasteiger partial charge in [0.05, 0.1) is 5.69 Å². The first kappa shape index (κ1) is 13.9. The van der Waals surface area contributed by atoms with Crippen LogP contribution in [-0.2, 0) is 0 Å². The Morgan fingerprint density at radius 1 is 1.14 bits per heavy atom. The third-order valence-electron chi connectivity index (χ3n) is 3.59. The lowest BCUT2D eigenvalue weighted by Gasteiger charge is -2.16. The molecule has 1 saturated carbocycles. The summed E-state index contributed by atoms with van der Waals surface area (Å²) in [5.74, 6) is 1.19. The number of nitrogens with two attached hydrogens (primary N) is 1. The van der Waals surface area contributed by atoms with E-state index >= 15 is 0 Å². The quantitative estimate of drug-likeness (QED) is 0.752. The second kappa shape index (κ2) is 6.13. The summed E-state index contributed by atoms with van der Waals surface area (Å²) in [6.07, 6.45) is 7.92. The molecule has 0 aliphatic heterocycles. The number of nitrogen functional groups attached to an aromatic ring is 1. The van der Waals surface area contributed by atoms with Crippen molar-refractivity contribution in [3.63, 3.8) is 0 Å². The van der Waals surface area contributed by atoms with Crippen molar-refractivity contribution in [2.24, 2.45) is 0 Å². The number of hydrogen-bond donors (Lipinski definition) is 3. The number of halogens is 1. The molecule has 4 N–H and O–H groups in total. The molecule has 6 nitrogen and oxygen atoms in total. The second-order valence-corrected chi connectivity index (χ2v) is 5.44. The summed E-state index contributed by atoms with van der Waals surface area (Å²) in [5.41, 5.74) is 7.30. The van der Waals surface area contributed by atoms with E-state index in [1.807, 2.05) is 6.07 Å². The van der Waals surface area contributed by atoms with E-state index in [9.17, 15) is 0 Å². The Balaban J connectivity index is 1.81. The Labute approximate surface area is 128 Å². The van der Waals surface area contributed by atoms with Crippen molar-refractivity contribution < 1.29 is 0 Å². The average molecular weight is 305 g/mol. The zero-order valence-electron chi connectivity index (χ0n) is 11.5. The Morgan fingerprint density at radius 3 is 2.67 bits per heavy atom. The molecule has 1 fully saturated rings. The van der Waals surface area contributed by atoms with Gasteiger partial charge in [-0.15, -0.1) is 0 Å². The van der Waals surface area contributed by atoms with E-state index in [2.05, 4.69) is 25.6 Å². The van der Waals surface area contributed by atoms with Crippen molar-refractivity contribution >= 4 is 34.6 Å². The van der Waals surface area contributed by atoms with Crippen LogP contribution >= 0.6 is 11.6 Å². The first-order chi connectivity index (χ1) is 10.2. The predicted octanol–water partition coefficient (Wildman–Crippen LogP) is 3.21. The highest BCUT2D eigenvalue weighted by Crippen LogP contribution is 2.30. The van der Waals surface area contributed by atoms with Crippen LogP contribution in [0.3, 0.4) is 0 Å². The Kier molecular flexibility index (Phi) is 4.06. The van der Waals surface area contributed by atoms with Gasteiger partial charge in [0.25, 0.3) is 0 Å². The lowest BCUT2D eigenvalue weighted by atomic mass is 10.2. The Hall–Kier alpha value is -2.08. The maximum absolute atomic E-state index is 6.15.